The van der Waals surface area contributed by atoms with Crippen LogP contribution >= 0.6 is 0 Å². The Balaban J connectivity index is 1.08. The Morgan fingerprint density at radius 2 is 1.71 bits per heavy atom. The van der Waals surface area contributed by atoms with E-state index in [9.17, 15) is 9.59 Å². The number of likely N-dealkylation sites (tertiary alicyclic amines) is 1. The number of carbonyl (C=O) groups excluding carboxylic acids is 2. The lowest BCUT2D eigenvalue weighted by atomic mass is 10.0. The first-order chi connectivity index (χ1) is 23.9. The molecule has 3 aromatic carbocycles. The molecule has 1 aliphatic heterocycles. The summed E-state index contributed by atoms with van der Waals surface area (Å²) in [4.78, 5) is 41.9. The molecule has 1 saturated carbocycles. The van der Waals surface area contributed by atoms with Crippen molar-refractivity contribution in [1.29, 1.82) is 0 Å². The number of nitrogens with zero attached hydrogens (tertiary/aromatic N) is 5. The van der Waals surface area contributed by atoms with E-state index in [1.165, 1.54) is 18.2 Å². The third kappa shape index (κ3) is 5.84. The van der Waals surface area contributed by atoms with Crippen LogP contribution < -0.4 is 11.1 Å². The minimum absolute atomic E-state index is 0.0107. The second-order valence-corrected chi connectivity index (χ2v) is 12.7. The summed E-state index contributed by atoms with van der Waals surface area (Å²) in [5.74, 6) is -0.108. The van der Waals surface area contributed by atoms with E-state index in [1.807, 2.05) is 66.7 Å². The fourth-order valence-corrected chi connectivity index (χ4v) is 6.68. The molecule has 1 atom stereocenters. The maximum absolute atomic E-state index is 16.0. The zero-order valence-corrected chi connectivity index (χ0v) is 26.4. The number of nitrogen functional groups attached to an aromatic ring is 1. The second-order valence-electron chi connectivity index (χ2n) is 12.7. The average molecular weight is 654 g/mol. The van der Waals surface area contributed by atoms with Gasteiger partial charge in [0.2, 0.25) is 0 Å². The number of fused-ring (bicyclic) bond motifs is 1. The van der Waals surface area contributed by atoms with Crippen molar-refractivity contribution in [3.8, 4) is 22.4 Å². The summed E-state index contributed by atoms with van der Waals surface area (Å²) >= 11 is 0. The number of nitrogens with one attached hydrogen (secondary N) is 1. The molecule has 3 aromatic heterocycles. The van der Waals surface area contributed by atoms with Crippen molar-refractivity contribution >= 4 is 29.2 Å². The first-order valence-corrected chi connectivity index (χ1v) is 16.1. The van der Waals surface area contributed by atoms with Gasteiger partial charge in [0, 0.05) is 36.3 Å². The van der Waals surface area contributed by atoms with Gasteiger partial charge in [0.05, 0.1) is 6.04 Å². The smallest absolute Gasteiger partial charge is 0.410 e. The monoisotopic (exact) mass is 653 g/mol. The number of anilines is 2. The van der Waals surface area contributed by atoms with E-state index in [0.29, 0.717) is 30.1 Å². The SMILES string of the molecule is Nc1nccn2c([C@@H]3CC4(CC4)CN3C(=O)OCc3ccccc3)nc(-c3ccc(C(=O)Nc4cc(-c5ccccc5)ccn4)cc3F)c12. The van der Waals surface area contributed by atoms with Crippen LogP contribution in [0.1, 0.15) is 47.1 Å². The number of nitrogens with two attached hydrogens (primary N) is 1. The first-order valence-electron chi connectivity index (χ1n) is 16.1. The number of ether oxygens (including phenoxy) is 1. The number of pyridine rings is 1. The van der Waals surface area contributed by atoms with Gasteiger partial charge in [-0.15, -0.1) is 0 Å². The summed E-state index contributed by atoms with van der Waals surface area (Å²) in [6.45, 7) is 0.706. The molecule has 4 heterocycles. The van der Waals surface area contributed by atoms with E-state index >= 15 is 4.39 Å². The molecule has 6 aromatic rings. The summed E-state index contributed by atoms with van der Waals surface area (Å²) in [6.07, 6.45) is 7.19. The number of rotatable bonds is 7. The van der Waals surface area contributed by atoms with Crippen molar-refractivity contribution in [2.24, 2.45) is 5.41 Å². The van der Waals surface area contributed by atoms with Gasteiger partial charge in [-0.3, -0.25) is 14.1 Å². The molecular formula is C38H32FN7O3. The number of halogens is 1. The Labute approximate surface area is 281 Å². The molecule has 1 spiro atoms. The molecule has 49 heavy (non-hydrogen) atoms. The lowest BCUT2D eigenvalue weighted by Gasteiger charge is -2.23. The van der Waals surface area contributed by atoms with E-state index in [-0.39, 0.29) is 34.7 Å². The van der Waals surface area contributed by atoms with E-state index in [2.05, 4.69) is 15.3 Å². The molecule has 1 aliphatic carbocycles. The van der Waals surface area contributed by atoms with Gasteiger partial charge in [0.1, 0.15) is 41.1 Å². The molecular weight excluding hydrogens is 621 g/mol. The first kappa shape index (κ1) is 30.2. The largest absolute Gasteiger partial charge is 0.445 e. The fraction of sp³-hybridized carbons (Fsp3) is 0.184. The van der Waals surface area contributed by atoms with Gasteiger partial charge in [-0.1, -0.05) is 60.7 Å². The van der Waals surface area contributed by atoms with Gasteiger partial charge < -0.3 is 15.8 Å². The third-order valence-electron chi connectivity index (χ3n) is 9.41. The van der Waals surface area contributed by atoms with Crippen LogP contribution in [0, 0.1) is 11.2 Å². The summed E-state index contributed by atoms with van der Waals surface area (Å²) in [6, 6.07) is 26.7. The maximum Gasteiger partial charge on any atom is 0.410 e. The molecule has 2 fully saturated rings. The van der Waals surface area contributed by atoms with E-state index in [1.54, 1.807) is 34.0 Å². The molecule has 0 radical (unpaired) electrons. The lowest BCUT2D eigenvalue weighted by molar-refractivity contribution is 0.0897. The number of hydrogen-bond acceptors (Lipinski definition) is 7. The maximum atomic E-state index is 16.0. The summed E-state index contributed by atoms with van der Waals surface area (Å²) < 4.78 is 23.5. The predicted molar refractivity (Wildman–Crippen MR) is 183 cm³/mol. The van der Waals surface area contributed by atoms with Crippen molar-refractivity contribution in [3.63, 3.8) is 0 Å². The normalized spacial score (nSPS) is 16.2. The van der Waals surface area contributed by atoms with Gasteiger partial charge in [-0.25, -0.2) is 24.1 Å². The van der Waals surface area contributed by atoms with Crippen LogP contribution in [0.3, 0.4) is 0 Å². The fourth-order valence-electron chi connectivity index (χ4n) is 6.68. The number of amides is 2. The summed E-state index contributed by atoms with van der Waals surface area (Å²) in [5, 5.41) is 2.77. The van der Waals surface area contributed by atoms with Crippen molar-refractivity contribution in [1.82, 2.24) is 24.3 Å². The van der Waals surface area contributed by atoms with Crippen LogP contribution in [-0.4, -0.2) is 42.8 Å². The van der Waals surface area contributed by atoms with Crippen LogP contribution in [0.15, 0.2) is 110 Å². The second kappa shape index (κ2) is 12.2. The van der Waals surface area contributed by atoms with E-state index < -0.39 is 23.9 Å². The standard InChI is InChI=1S/C38H32FN7O3/c39-29-19-27(36(47)43-31-20-26(13-16-41-31)25-9-5-2-6-10-25)11-12-28(29)32-33-34(40)42-17-18-45(33)35(44-32)30-21-38(14-15-38)23-46(30)37(48)49-22-24-7-3-1-4-8-24/h1-13,16-20,30H,14-15,21-23H2,(H2,40,42)(H,41,43,47)/t30-/m0/s1. The molecule has 0 unspecified atom stereocenters. The van der Waals surface area contributed by atoms with Crippen molar-refractivity contribution in [3.05, 3.63) is 132 Å². The van der Waals surface area contributed by atoms with Gasteiger partial charge in [0.25, 0.3) is 5.91 Å². The molecule has 244 valence electrons. The molecule has 0 bridgehead atoms. The highest BCUT2D eigenvalue weighted by Crippen LogP contribution is 2.58. The Bertz CT molecular complexity index is 2200. The molecule has 2 amide bonds. The Morgan fingerprint density at radius 3 is 2.47 bits per heavy atom. The number of hydrogen-bond donors (Lipinski definition) is 2. The Morgan fingerprint density at radius 1 is 0.939 bits per heavy atom. The summed E-state index contributed by atoms with van der Waals surface area (Å²) in [7, 11) is 0. The van der Waals surface area contributed by atoms with Crippen LogP contribution in [0.5, 0.6) is 0 Å². The quantitative estimate of drug-likeness (QED) is 0.185. The van der Waals surface area contributed by atoms with Crippen molar-refractivity contribution in [2.45, 2.75) is 31.9 Å². The van der Waals surface area contributed by atoms with Crippen molar-refractivity contribution in [2.75, 3.05) is 17.6 Å². The topological polar surface area (TPSA) is 128 Å². The highest BCUT2D eigenvalue weighted by molar-refractivity contribution is 6.04. The third-order valence-corrected chi connectivity index (χ3v) is 9.41. The van der Waals surface area contributed by atoms with Crippen molar-refractivity contribution < 1.29 is 18.7 Å². The van der Waals surface area contributed by atoms with Crippen LogP contribution in [0.25, 0.3) is 27.9 Å². The molecule has 3 N–H and O–H groups in total. The molecule has 10 nitrogen and oxygen atoms in total. The Hall–Kier alpha value is -6.10. The number of carbonyl (C=O) groups is 2. The van der Waals surface area contributed by atoms with Crippen LogP contribution in [0.2, 0.25) is 0 Å². The van der Waals surface area contributed by atoms with Gasteiger partial charge in [0.15, 0.2) is 0 Å². The molecule has 11 heteroatoms. The van der Waals surface area contributed by atoms with Gasteiger partial charge >= 0.3 is 6.09 Å². The minimum Gasteiger partial charge on any atom is -0.445 e. The van der Waals surface area contributed by atoms with E-state index in [0.717, 1.165) is 29.5 Å². The molecule has 2 aliphatic rings. The summed E-state index contributed by atoms with van der Waals surface area (Å²) in [5.41, 5.74) is 10.1. The predicted octanol–water partition coefficient (Wildman–Crippen LogP) is 7.30. The zero-order chi connectivity index (χ0) is 33.5. The average Bonchev–Trinajstić information content (AvgIpc) is 3.61. The van der Waals surface area contributed by atoms with Crippen LogP contribution in [0.4, 0.5) is 20.8 Å². The number of benzene rings is 3. The van der Waals surface area contributed by atoms with Gasteiger partial charge in [-0.05, 0) is 71.7 Å². The zero-order valence-electron chi connectivity index (χ0n) is 26.4. The molecule has 1 saturated heterocycles. The molecule has 8 rings (SSSR count). The Kier molecular flexibility index (Phi) is 7.51. The highest BCUT2D eigenvalue weighted by atomic mass is 19.1. The van der Waals surface area contributed by atoms with E-state index in [4.69, 9.17) is 15.5 Å². The highest BCUT2D eigenvalue weighted by Gasteiger charge is 2.55. The van der Waals surface area contributed by atoms with Gasteiger partial charge in [-0.2, -0.15) is 0 Å². The lowest BCUT2D eigenvalue weighted by Crippen LogP contribution is -2.32. The minimum atomic E-state index is -0.655. The van der Waals surface area contributed by atoms with Crippen LogP contribution in [-0.2, 0) is 11.3 Å². The number of imidazole rings is 1. The number of aromatic nitrogens is 4.